The van der Waals surface area contributed by atoms with Gasteiger partial charge >= 0.3 is 0 Å². The Morgan fingerprint density at radius 1 is 1.27 bits per heavy atom. The standard InChI is InChI=1S/C16H19N5O/c1-17-14-7-9-19-16(20-14)21-10-4-5-12(11-21)15(22)13-6-2-3-8-18-13/h2-3,6-9,12H,4-5,10-11H2,1H3,(H,17,19,20)/t12-/m0/s1. The number of aromatic nitrogens is 3. The van der Waals surface area contributed by atoms with E-state index < -0.39 is 0 Å². The molecule has 6 heteroatoms. The number of hydrogen-bond acceptors (Lipinski definition) is 6. The fraction of sp³-hybridized carbons (Fsp3) is 0.375. The minimum Gasteiger partial charge on any atom is -0.373 e. The third-order valence-electron chi connectivity index (χ3n) is 3.89. The lowest BCUT2D eigenvalue weighted by Gasteiger charge is -2.31. The second-order valence-corrected chi connectivity index (χ2v) is 5.36. The third-order valence-corrected chi connectivity index (χ3v) is 3.89. The smallest absolute Gasteiger partial charge is 0.227 e. The molecule has 114 valence electrons. The van der Waals surface area contributed by atoms with Crippen molar-refractivity contribution in [1.29, 1.82) is 0 Å². The summed E-state index contributed by atoms with van der Waals surface area (Å²) in [4.78, 5) is 27.6. The molecule has 0 spiro atoms. The number of ketones is 1. The lowest BCUT2D eigenvalue weighted by atomic mass is 9.92. The van der Waals surface area contributed by atoms with Crippen LogP contribution in [0.25, 0.3) is 0 Å². The van der Waals surface area contributed by atoms with Crippen LogP contribution in [0, 0.1) is 5.92 Å². The molecule has 0 aromatic carbocycles. The van der Waals surface area contributed by atoms with Gasteiger partial charge in [0.25, 0.3) is 0 Å². The van der Waals surface area contributed by atoms with Gasteiger partial charge in [0, 0.05) is 38.4 Å². The summed E-state index contributed by atoms with van der Waals surface area (Å²) in [5.74, 6) is 1.51. The number of nitrogens with zero attached hydrogens (tertiary/aromatic N) is 4. The van der Waals surface area contributed by atoms with Crippen molar-refractivity contribution in [3.63, 3.8) is 0 Å². The van der Waals surface area contributed by atoms with Gasteiger partial charge in [0.2, 0.25) is 5.95 Å². The van der Waals surface area contributed by atoms with Crippen LogP contribution < -0.4 is 10.2 Å². The van der Waals surface area contributed by atoms with Crippen molar-refractivity contribution < 1.29 is 4.79 Å². The predicted octanol–water partition coefficient (Wildman–Crippen LogP) is 2.01. The number of carbonyl (C=O) groups excluding carboxylic acids is 1. The van der Waals surface area contributed by atoms with Gasteiger partial charge in [-0.25, -0.2) is 4.98 Å². The summed E-state index contributed by atoms with van der Waals surface area (Å²) in [5, 5.41) is 3.01. The number of carbonyl (C=O) groups is 1. The Hall–Kier alpha value is -2.50. The summed E-state index contributed by atoms with van der Waals surface area (Å²) in [6.07, 6.45) is 5.24. The topological polar surface area (TPSA) is 71.0 Å². The molecule has 0 aliphatic carbocycles. The summed E-state index contributed by atoms with van der Waals surface area (Å²) >= 11 is 0. The van der Waals surface area contributed by atoms with Crippen LogP contribution in [0.3, 0.4) is 0 Å². The molecule has 1 saturated heterocycles. The van der Waals surface area contributed by atoms with Gasteiger partial charge in [0.1, 0.15) is 11.5 Å². The Labute approximate surface area is 129 Å². The molecule has 3 heterocycles. The quantitative estimate of drug-likeness (QED) is 0.871. The monoisotopic (exact) mass is 297 g/mol. The molecule has 1 aliphatic heterocycles. The van der Waals surface area contributed by atoms with Crippen molar-refractivity contribution in [3.05, 3.63) is 42.4 Å². The van der Waals surface area contributed by atoms with Gasteiger partial charge in [0.15, 0.2) is 5.78 Å². The molecular weight excluding hydrogens is 278 g/mol. The Kier molecular flexibility index (Phi) is 4.27. The van der Waals surface area contributed by atoms with Crippen LogP contribution in [0.2, 0.25) is 0 Å². The van der Waals surface area contributed by atoms with Gasteiger partial charge in [-0.1, -0.05) is 6.07 Å². The third kappa shape index (κ3) is 3.05. The molecule has 1 N–H and O–H groups in total. The van der Waals surface area contributed by atoms with Crippen LogP contribution in [0.5, 0.6) is 0 Å². The van der Waals surface area contributed by atoms with E-state index >= 15 is 0 Å². The van der Waals surface area contributed by atoms with E-state index in [2.05, 4.69) is 25.2 Å². The van der Waals surface area contributed by atoms with E-state index in [1.807, 2.05) is 25.2 Å². The highest BCUT2D eigenvalue weighted by molar-refractivity contribution is 5.96. The Bertz CT molecular complexity index is 646. The van der Waals surface area contributed by atoms with Gasteiger partial charge in [0.05, 0.1) is 0 Å². The molecule has 3 rings (SSSR count). The van der Waals surface area contributed by atoms with Crippen molar-refractivity contribution >= 4 is 17.5 Å². The molecule has 6 nitrogen and oxygen atoms in total. The maximum atomic E-state index is 12.6. The first-order valence-corrected chi connectivity index (χ1v) is 7.49. The highest BCUT2D eigenvalue weighted by Gasteiger charge is 2.28. The van der Waals surface area contributed by atoms with E-state index in [9.17, 15) is 4.79 Å². The molecule has 0 amide bonds. The Balaban J connectivity index is 1.75. The fourth-order valence-electron chi connectivity index (χ4n) is 2.73. The van der Waals surface area contributed by atoms with E-state index in [1.165, 1.54) is 0 Å². The zero-order valence-corrected chi connectivity index (χ0v) is 12.6. The van der Waals surface area contributed by atoms with Gasteiger partial charge in [-0.05, 0) is 31.0 Å². The van der Waals surface area contributed by atoms with Crippen molar-refractivity contribution in [1.82, 2.24) is 15.0 Å². The van der Waals surface area contributed by atoms with E-state index in [0.717, 1.165) is 25.2 Å². The molecule has 2 aromatic rings. The van der Waals surface area contributed by atoms with E-state index in [4.69, 9.17) is 0 Å². The first kappa shape index (κ1) is 14.4. The summed E-state index contributed by atoms with van der Waals surface area (Å²) in [5.41, 5.74) is 0.541. The summed E-state index contributed by atoms with van der Waals surface area (Å²) in [6.45, 7) is 1.52. The first-order chi connectivity index (χ1) is 10.8. The van der Waals surface area contributed by atoms with Gasteiger partial charge < -0.3 is 10.2 Å². The van der Waals surface area contributed by atoms with E-state index in [0.29, 0.717) is 18.2 Å². The summed E-state index contributed by atoms with van der Waals surface area (Å²) < 4.78 is 0. The average molecular weight is 297 g/mol. The lowest BCUT2D eigenvalue weighted by Crippen LogP contribution is -2.39. The number of nitrogens with one attached hydrogen (secondary N) is 1. The molecule has 0 saturated carbocycles. The minimum absolute atomic E-state index is 0.0505. The number of rotatable bonds is 4. The maximum Gasteiger partial charge on any atom is 0.227 e. The molecular formula is C16H19N5O. The fourth-order valence-corrected chi connectivity index (χ4v) is 2.73. The number of hydrogen-bond donors (Lipinski definition) is 1. The van der Waals surface area contributed by atoms with Gasteiger partial charge in [-0.15, -0.1) is 0 Å². The van der Waals surface area contributed by atoms with Crippen LogP contribution >= 0.6 is 0 Å². The number of anilines is 2. The Morgan fingerprint density at radius 3 is 2.95 bits per heavy atom. The molecule has 1 atom stereocenters. The highest BCUT2D eigenvalue weighted by atomic mass is 16.1. The van der Waals surface area contributed by atoms with Gasteiger partial charge in [-0.3, -0.25) is 9.78 Å². The number of piperidine rings is 1. The van der Waals surface area contributed by atoms with Crippen molar-refractivity contribution in [3.8, 4) is 0 Å². The first-order valence-electron chi connectivity index (χ1n) is 7.49. The van der Waals surface area contributed by atoms with Gasteiger partial charge in [-0.2, -0.15) is 4.98 Å². The minimum atomic E-state index is -0.0505. The lowest BCUT2D eigenvalue weighted by molar-refractivity contribution is 0.0902. The predicted molar refractivity (Wildman–Crippen MR) is 85.1 cm³/mol. The van der Waals surface area contributed by atoms with E-state index in [1.54, 1.807) is 18.5 Å². The summed E-state index contributed by atoms with van der Waals surface area (Å²) in [7, 11) is 1.83. The molecule has 22 heavy (non-hydrogen) atoms. The molecule has 0 radical (unpaired) electrons. The zero-order chi connectivity index (χ0) is 15.4. The molecule has 2 aromatic heterocycles. The van der Waals surface area contributed by atoms with Crippen molar-refractivity contribution in [2.75, 3.05) is 30.4 Å². The normalized spacial score (nSPS) is 18.0. The van der Waals surface area contributed by atoms with Crippen LogP contribution in [0.15, 0.2) is 36.7 Å². The van der Waals surface area contributed by atoms with Crippen LogP contribution in [0.4, 0.5) is 11.8 Å². The largest absolute Gasteiger partial charge is 0.373 e. The van der Waals surface area contributed by atoms with Crippen LogP contribution in [-0.4, -0.2) is 40.9 Å². The summed E-state index contributed by atoms with van der Waals surface area (Å²) in [6, 6.07) is 7.27. The zero-order valence-electron chi connectivity index (χ0n) is 12.6. The number of pyridine rings is 1. The maximum absolute atomic E-state index is 12.6. The molecule has 1 aliphatic rings. The SMILES string of the molecule is CNc1ccnc(N2CCC[C@H](C(=O)c3ccccn3)C2)n1. The van der Waals surface area contributed by atoms with Crippen LogP contribution in [0.1, 0.15) is 23.3 Å². The molecule has 1 fully saturated rings. The second-order valence-electron chi connectivity index (χ2n) is 5.36. The molecule has 0 unspecified atom stereocenters. The average Bonchev–Trinajstić information content (AvgIpc) is 2.62. The number of Topliss-reactive ketones (excluding diaryl/α,β-unsaturated/α-hetero) is 1. The van der Waals surface area contributed by atoms with Crippen molar-refractivity contribution in [2.24, 2.45) is 5.92 Å². The van der Waals surface area contributed by atoms with E-state index in [-0.39, 0.29) is 11.7 Å². The second kappa shape index (κ2) is 6.51. The molecule has 0 bridgehead atoms. The van der Waals surface area contributed by atoms with Crippen molar-refractivity contribution in [2.45, 2.75) is 12.8 Å². The Morgan fingerprint density at radius 2 is 2.18 bits per heavy atom. The highest BCUT2D eigenvalue weighted by Crippen LogP contribution is 2.23. The van der Waals surface area contributed by atoms with Crippen LogP contribution in [-0.2, 0) is 0 Å².